The van der Waals surface area contributed by atoms with E-state index in [0.717, 1.165) is 16.1 Å². The Labute approximate surface area is 179 Å². The molecule has 0 saturated carbocycles. The highest BCUT2D eigenvalue weighted by molar-refractivity contribution is 7.92. The molecule has 0 bridgehead atoms. The molecule has 8 nitrogen and oxygen atoms in total. The summed E-state index contributed by atoms with van der Waals surface area (Å²) in [5, 5.41) is 6.99. The van der Waals surface area contributed by atoms with Crippen LogP contribution in [0.1, 0.15) is 18.4 Å². The van der Waals surface area contributed by atoms with Crippen LogP contribution in [0.3, 0.4) is 0 Å². The number of carbonyl (C=O) groups is 1. The van der Waals surface area contributed by atoms with Crippen molar-refractivity contribution in [3.8, 4) is 11.4 Å². The van der Waals surface area contributed by atoms with E-state index in [1.165, 1.54) is 6.92 Å². The first-order chi connectivity index (χ1) is 14.2. The van der Waals surface area contributed by atoms with Crippen LogP contribution >= 0.6 is 11.6 Å². The van der Waals surface area contributed by atoms with Crippen molar-refractivity contribution in [2.24, 2.45) is 0 Å². The second-order valence-corrected chi connectivity index (χ2v) is 9.05. The van der Waals surface area contributed by atoms with E-state index in [2.05, 4.69) is 15.5 Å². The van der Waals surface area contributed by atoms with Gasteiger partial charge in [-0.1, -0.05) is 41.0 Å². The van der Waals surface area contributed by atoms with Crippen LogP contribution in [0.5, 0.6) is 0 Å². The predicted molar refractivity (Wildman–Crippen MR) is 115 cm³/mol. The van der Waals surface area contributed by atoms with E-state index >= 15 is 0 Å². The van der Waals surface area contributed by atoms with E-state index in [1.807, 2.05) is 13.0 Å². The molecule has 1 aromatic heterocycles. The zero-order valence-corrected chi connectivity index (χ0v) is 18.2. The zero-order chi connectivity index (χ0) is 21.9. The Morgan fingerprint density at radius 2 is 1.97 bits per heavy atom. The topological polar surface area (TPSA) is 105 Å². The molecule has 0 unspecified atom stereocenters. The van der Waals surface area contributed by atoms with Gasteiger partial charge in [0.2, 0.25) is 27.6 Å². The van der Waals surface area contributed by atoms with Gasteiger partial charge in [-0.3, -0.25) is 9.10 Å². The largest absolute Gasteiger partial charge is 0.345 e. The van der Waals surface area contributed by atoms with Crippen molar-refractivity contribution in [2.45, 2.75) is 26.4 Å². The second-order valence-electron chi connectivity index (χ2n) is 6.78. The molecule has 1 N–H and O–H groups in total. The van der Waals surface area contributed by atoms with E-state index in [9.17, 15) is 13.2 Å². The Kier molecular flexibility index (Phi) is 6.42. The highest BCUT2D eigenvalue weighted by atomic mass is 35.5. The lowest BCUT2D eigenvalue weighted by atomic mass is 10.2. The number of hydrogen-bond acceptors (Lipinski definition) is 6. The molecule has 1 heterocycles. The minimum absolute atomic E-state index is 0.0496. The summed E-state index contributed by atoms with van der Waals surface area (Å²) in [5.41, 5.74) is 1.90. The van der Waals surface area contributed by atoms with Gasteiger partial charge in [-0.05, 0) is 43.7 Å². The van der Waals surface area contributed by atoms with Crippen molar-refractivity contribution >= 4 is 33.2 Å². The molecule has 158 valence electrons. The Bertz CT molecular complexity index is 1160. The summed E-state index contributed by atoms with van der Waals surface area (Å²) in [5.74, 6) is -0.0261. The number of anilines is 1. The summed E-state index contributed by atoms with van der Waals surface area (Å²) in [6.07, 6.45) is 1.06. The van der Waals surface area contributed by atoms with Gasteiger partial charge in [0.25, 0.3) is 0 Å². The average molecular weight is 449 g/mol. The number of aromatic nitrogens is 2. The van der Waals surface area contributed by atoms with Crippen LogP contribution in [0.4, 0.5) is 5.69 Å². The Hall–Kier alpha value is -2.91. The van der Waals surface area contributed by atoms with Crippen molar-refractivity contribution in [3.63, 3.8) is 0 Å². The summed E-state index contributed by atoms with van der Waals surface area (Å²) in [6.45, 7) is 3.31. The molecular weight excluding hydrogens is 428 g/mol. The smallest absolute Gasteiger partial charge is 0.246 e. The Morgan fingerprint density at radius 3 is 2.63 bits per heavy atom. The molecule has 0 aliphatic rings. The van der Waals surface area contributed by atoms with E-state index in [4.69, 9.17) is 16.1 Å². The van der Waals surface area contributed by atoms with Crippen molar-refractivity contribution in [1.82, 2.24) is 15.5 Å². The van der Waals surface area contributed by atoms with Gasteiger partial charge < -0.3 is 9.84 Å². The molecule has 10 heteroatoms. The number of rotatable bonds is 7. The summed E-state index contributed by atoms with van der Waals surface area (Å²) in [4.78, 5) is 16.9. The van der Waals surface area contributed by atoms with Crippen LogP contribution in [-0.4, -0.2) is 36.8 Å². The fourth-order valence-corrected chi connectivity index (χ4v) is 4.35. The van der Waals surface area contributed by atoms with Crippen LogP contribution in [0.2, 0.25) is 5.02 Å². The highest BCUT2D eigenvalue weighted by Gasteiger charge is 2.29. The number of aryl methyl sites for hydroxylation is 1. The quantitative estimate of drug-likeness (QED) is 0.595. The lowest BCUT2D eigenvalue weighted by molar-refractivity contribution is -0.122. The van der Waals surface area contributed by atoms with Gasteiger partial charge in [-0.25, -0.2) is 8.42 Å². The van der Waals surface area contributed by atoms with Crippen LogP contribution in [0.25, 0.3) is 11.4 Å². The lowest BCUT2D eigenvalue weighted by Gasteiger charge is -2.28. The minimum atomic E-state index is -3.69. The third-order valence-electron chi connectivity index (χ3n) is 4.34. The SMILES string of the molecule is Cc1cccc(N([C@@H](C)C(=O)NCc2nc(-c3ccccc3Cl)no2)S(C)(=O)=O)c1. The molecule has 2 aromatic carbocycles. The van der Waals surface area contributed by atoms with Gasteiger partial charge in [0.15, 0.2) is 0 Å². The number of nitrogens with zero attached hydrogens (tertiary/aromatic N) is 3. The Balaban J connectivity index is 1.73. The third kappa shape index (κ3) is 4.98. The van der Waals surface area contributed by atoms with Crippen molar-refractivity contribution in [3.05, 3.63) is 65.0 Å². The van der Waals surface area contributed by atoms with Gasteiger partial charge in [0, 0.05) is 5.56 Å². The molecular formula is C20H21ClN4O4S. The zero-order valence-electron chi connectivity index (χ0n) is 16.7. The first-order valence-electron chi connectivity index (χ1n) is 9.08. The third-order valence-corrected chi connectivity index (χ3v) is 5.91. The van der Waals surface area contributed by atoms with E-state index in [0.29, 0.717) is 22.1 Å². The maximum absolute atomic E-state index is 12.7. The molecule has 1 atom stereocenters. The molecule has 0 aliphatic carbocycles. The predicted octanol–water partition coefficient (Wildman–Crippen LogP) is 3.17. The van der Waals surface area contributed by atoms with Gasteiger partial charge in [0.05, 0.1) is 23.5 Å². The summed E-state index contributed by atoms with van der Waals surface area (Å²) >= 11 is 6.13. The number of benzene rings is 2. The summed E-state index contributed by atoms with van der Waals surface area (Å²) in [7, 11) is -3.69. The Morgan fingerprint density at radius 1 is 1.23 bits per heavy atom. The van der Waals surface area contributed by atoms with Gasteiger partial charge in [-0.2, -0.15) is 4.98 Å². The molecule has 0 spiro atoms. The van der Waals surface area contributed by atoms with Gasteiger partial charge in [-0.15, -0.1) is 0 Å². The number of carbonyl (C=O) groups excluding carboxylic acids is 1. The van der Waals surface area contributed by atoms with Gasteiger partial charge >= 0.3 is 0 Å². The molecule has 3 rings (SSSR count). The molecule has 1 amide bonds. The maximum Gasteiger partial charge on any atom is 0.246 e. The number of sulfonamides is 1. The summed E-state index contributed by atoms with van der Waals surface area (Å²) < 4.78 is 30.9. The molecule has 0 radical (unpaired) electrons. The standard InChI is InChI=1S/C20H21ClN4O4S/c1-13-7-6-8-15(11-13)25(30(3,27)28)14(2)20(26)22-12-18-23-19(24-29-18)16-9-4-5-10-17(16)21/h4-11,14H,12H2,1-3H3,(H,22,26)/t14-/m0/s1. The second kappa shape index (κ2) is 8.85. The number of nitrogens with one attached hydrogen (secondary N) is 1. The van der Waals surface area contributed by atoms with E-state index in [1.54, 1.807) is 42.5 Å². The van der Waals surface area contributed by atoms with E-state index in [-0.39, 0.29) is 12.4 Å². The van der Waals surface area contributed by atoms with Crippen LogP contribution < -0.4 is 9.62 Å². The minimum Gasteiger partial charge on any atom is -0.345 e. The first-order valence-corrected chi connectivity index (χ1v) is 11.3. The fourth-order valence-electron chi connectivity index (χ4n) is 2.96. The fraction of sp³-hybridized carbons (Fsp3) is 0.250. The normalized spacial score (nSPS) is 12.4. The average Bonchev–Trinajstić information content (AvgIpc) is 3.14. The highest BCUT2D eigenvalue weighted by Crippen LogP contribution is 2.25. The maximum atomic E-state index is 12.7. The van der Waals surface area contributed by atoms with Crippen molar-refractivity contribution in [1.29, 1.82) is 0 Å². The number of halogens is 1. The monoisotopic (exact) mass is 448 g/mol. The first kappa shape index (κ1) is 21.8. The van der Waals surface area contributed by atoms with Crippen LogP contribution in [0.15, 0.2) is 53.1 Å². The molecule has 0 saturated heterocycles. The molecule has 3 aromatic rings. The molecule has 30 heavy (non-hydrogen) atoms. The van der Waals surface area contributed by atoms with E-state index < -0.39 is 22.0 Å². The lowest BCUT2D eigenvalue weighted by Crippen LogP contribution is -2.47. The van der Waals surface area contributed by atoms with Crippen molar-refractivity contribution < 1.29 is 17.7 Å². The number of amides is 1. The van der Waals surface area contributed by atoms with Crippen LogP contribution in [0, 0.1) is 6.92 Å². The van der Waals surface area contributed by atoms with Crippen LogP contribution in [-0.2, 0) is 21.4 Å². The van der Waals surface area contributed by atoms with Crippen molar-refractivity contribution in [2.75, 3.05) is 10.6 Å². The number of hydrogen-bond donors (Lipinski definition) is 1. The molecule has 0 fully saturated rings. The summed E-state index contributed by atoms with van der Waals surface area (Å²) in [6, 6.07) is 13.0. The molecule has 0 aliphatic heterocycles. The van der Waals surface area contributed by atoms with Gasteiger partial charge in [0.1, 0.15) is 6.04 Å².